The lowest BCUT2D eigenvalue weighted by Crippen LogP contribution is -2.21. The van der Waals surface area contributed by atoms with Gasteiger partial charge in [0, 0.05) is 0 Å². The first-order valence-corrected chi connectivity index (χ1v) is 5.95. The van der Waals surface area contributed by atoms with E-state index < -0.39 is 16.5 Å². The topological polar surface area (TPSA) is 90.4 Å². The molecule has 2 heterocycles. The molecular formula is C9H6Cl3N3O4. The van der Waals surface area contributed by atoms with Gasteiger partial charge < -0.3 is 13.6 Å². The fourth-order valence-corrected chi connectivity index (χ4v) is 1.21. The highest BCUT2D eigenvalue weighted by Gasteiger charge is 2.23. The van der Waals surface area contributed by atoms with E-state index in [1.165, 1.54) is 6.26 Å². The van der Waals surface area contributed by atoms with E-state index in [2.05, 4.69) is 20.3 Å². The Morgan fingerprint density at radius 3 is 2.84 bits per heavy atom. The Labute approximate surface area is 121 Å². The minimum Gasteiger partial charge on any atom is -0.459 e. The van der Waals surface area contributed by atoms with Crippen molar-refractivity contribution in [2.45, 2.75) is 3.79 Å². The van der Waals surface area contributed by atoms with E-state index in [0.717, 1.165) is 0 Å². The molecule has 1 amide bonds. The van der Waals surface area contributed by atoms with Crippen molar-refractivity contribution in [1.82, 2.24) is 10.2 Å². The van der Waals surface area contributed by atoms with Crippen molar-refractivity contribution in [2.24, 2.45) is 0 Å². The fourth-order valence-electron chi connectivity index (χ4n) is 1.04. The van der Waals surface area contributed by atoms with Gasteiger partial charge in [0.15, 0.2) is 5.76 Å². The Hall–Kier alpha value is -1.44. The molecule has 0 aliphatic rings. The second-order valence-electron chi connectivity index (χ2n) is 3.21. The first-order valence-electron chi connectivity index (χ1n) is 4.82. The van der Waals surface area contributed by atoms with Crippen LogP contribution in [0.15, 0.2) is 27.2 Å². The number of hydrogen-bond donors (Lipinski definition) is 1. The molecule has 0 aromatic carbocycles. The van der Waals surface area contributed by atoms with Gasteiger partial charge in [0.05, 0.1) is 6.26 Å². The molecule has 2 aromatic heterocycles. The number of carbonyl (C=O) groups is 1. The highest BCUT2D eigenvalue weighted by molar-refractivity contribution is 6.67. The van der Waals surface area contributed by atoms with Gasteiger partial charge in [-0.3, -0.25) is 0 Å². The van der Waals surface area contributed by atoms with Crippen molar-refractivity contribution in [3.8, 4) is 11.7 Å². The number of nitrogens with zero attached hydrogens (tertiary/aromatic N) is 2. The molecule has 0 bridgehead atoms. The second-order valence-corrected chi connectivity index (χ2v) is 5.72. The maximum absolute atomic E-state index is 11.3. The predicted molar refractivity (Wildman–Crippen MR) is 67.3 cm³/mol. The predicted octanol–water partition coefficient (Wildman–Crippen LogP) is 3.25. The summed E-state index contributed by atoms with van der Waals surface area (Å²) < 4.78 is 13.1. The maximum Gasteiger partial charge on any atom is 0.415 e. The van der Waals surface area contributed by atoms with E-state index >= 15 is 0 Å². The molecule has 0 aliphatic heterocycles. The minimum absolute atomic E-state index is 0.113. The van der Waals surface area contributed by atoms with E-state index in [0.29, 0.717) is 5.76 Å². The summed E-state index contributed by atoms with van der Waals surface area (Å²) in [5.74, 6) is 0.483. The van der Waals surface area contributed by atoms with E-state index in [4.69, 9.17) is 43.6 Å². The first-order chi connectivity index (χ1) is 8.94. The molecule has 0 aliphatic carbocycles. The van der Waals surface area contributed by atoms with Gasteiger partial charge in [-0.1, -0.05) is 39.9 Å². The van der Waals surface area contributed by atoms with Crippen molar-refractivity contribution in [3.05, 3.63) is 18.4 Å². The van der Waals surface area contributed by atoms with Gasteiger partial charge in [-0.25, -0.2) is 10.1 Å². The van der Waals surface area contributed by atoms with Gasteiger partial charge in [-0.15, -0.1) is 5.10 Å². The SMILES string of the molecule is O=C(Nc1nnc(-c2ccco2)o1)OCC(Cl)(Cl)Cl. The summed E-state index contributed by atoms with van der Waals surface area (Å²) in [6, 6.07) is 3.11. The lowest BCUT2D eigenvalue weighted by atomic mass is 10.5. The van der Waals surface area contributed by atoms with Crippen molar-refractivity contribution >= 4 is 46.9 Å². The third-order valence-corrected chi connectivity index (χ3v) is 2.06. The zero-order valence-electron chi connectivity index (χ0n) is 9.10. The maximum atomic E-state index is 11.3. The zero-order chi connectivity index (χ0) is 13.9. The van der Waals surface area contributed by atoms with Crippen LogP contribution in [0.3, 0.4) is 0 Å². The second kappa shape index (κ2) is 5.68. The van der Waals surface area contributed by atoms with Crippen LogP contribution in [-0.2, 0) is 4.74 Å². The first kappa shape index (κ1) is 14.0. The van der Waals surface area contributed by atoms with Gasteiger partial charge >= 0.3 is 12.1 Å². The third-order valence-electron chi connectivity index (χ3n) is 1.73. The number of anilines is 1. The van der Waals surface area contributed by atoms with Crippen LogP contribution in [0.2, 0.25) is 0 Å². The molecule has 10 heteroatoms. The van der Waals surface area contributed by atoms with Crippen LogP contribution in [0.1, 0.15) is 0 Å². The van der Waals surface area contributed by atoms with E-state index in [1.807, 2.05) is 0 Å². The van der Waals surface area contributed by atoms with Gasteiger partial charge in [-0.2, -0.15) is 0 Å². The Balaban J connectivity index is 1.91. The highest BCUT2D eigenvalue weighted by atomic mass is 35.6. The Bertz CT molecular complexity index is 549. The summed E-state index contributed by atoms with van der Waals surface area (Å²) in [5.41, 5.74) is 0. The van der Waals surface area contributed by atoms with Crippen molar-refractivity contribution in [1.29, 1.82) is 0 Å². The minimum atomic E-state index is -1.69. The molecule has 1 N–H and O–H groups in total. The summed E-state index contributed by atoms with van der Waals surface area (Å²) in [6.45, 7) is -0.414. The van der Waals surface area contributed by atoms with E-state index in [9.17, 15) is 4.79 Å². The molecule has 0 unspecified atom stereocenters. The Kier molecular flexibility index (Phi) is 4.18. The monoisotopic (exact) mass is 325 g/mol. The van der Waals surface area contributed by atoms with Crippen LogP contribution in [0.5, 0.6) is 0 Å². The van der Waals surface area contributed by atoms with E-state index in [1.54, 1.807) is 12.1 Å². The normalized spacial score (nSPS) is 11.3. The largest absolute Gasteiger partial charge is 0.459 e. The molecule has 102 valence electrons. The molecule has 0 fully saturated rings. The summed E-state index contributed by atoms with van der Waals surface area (Å²) in [4.78, 5) is 11.3. The van der Waals surface area contributed by atoms with Crippen molar-refractivity contribution in [2.75, 3.05) is 11.9 Å². The number of amides is 1. The number of halogens is 3. The van der Waals surface area contributed by atoms with E-state index in [-0.39, 0.29) is 11.9 Å². The molecule has 0 spiro atoms. The van der Waals surface area contributed by atoms with Gasteiger partial charge in [0.1, 0.15) is 6.61 Å². The van der Waals surface area contributed by atoms with Crippen LogP contribution >= 0.6 is 34.8 Å². The standard InChI is InChI=1S/C9H6Cl3N3O4/c10-9(11,12)4-18-8(16)13-7-15-14-6(19-7)5-2-1-3-17-5/h1-3H,4H2,(H,13,15,16). The number of hydrogen-bond acceptors (Lipinski definition) is 6. The molecule has 2 aromatic rings. The molecule has 0 saturated carbocycles. The smallest absolute Gasteiger partial charge is 0.415 e. The number of furan rings is 1. The molecule has 2 rings (SSSR count). The Morgan fingerprint density at radius 1 is 1.42 bits per heavy atom. The molecule has 0 saturated heterocycles. The van der Waals surface area contributed by atoms with Crippen LogP contribution in [0.25, 0.3) is 11.7 Å². The van der Waals surface area contributed by atoms with Crippen LogP contribution < -0.4 is 5.32 Å². The molecular weight excluding hydrogens is 320 g/mol. The number of carbonyl (C=O) groups excluding carboxylic acids is 1. The number of ether oxygens (including phenoxy) is 1. The third kappa shape index (κ3) is 4.30. The highest BCUT2D eigenvalue weighted by Crippen LogP contribution is 2.26. The molecule has 19 heavy (non-hydrogen) atoms. The Morgan fingerprint density at radius 2 is 2.21 bits per heavy atom. The summed E-state index contributed by atoms with van der Waals surface area (Å²) >= 11 is 16.2. The zero-order valence-corrected chi connectivity index (χ0v) is 11.4. The van der Waals surface area contributed by atoms with Crippen molar-refractivity contribution < 1.29 is 18.4 Å². The van der Waals surface area contributed by atoms with Crippen LogP contribution in [-0.4, -0.2) is 26.7 Å². The van der Waals surface area contributed by atoms with Crippen molar-refractivity contribution in [3.63, 3.8) is 0 Å². The van der Waals surface area contributed by atoms with Gasteiger partial charge in [0.25, 0.3) is 5.89 Å². The summed E-state index contributed by atoms with van der Waals surface area (Å²) in [7, 11) is 0. The number of nitrogens with one attached hydrogen (secondary N) is 1. The van der Waals surface area contributed by atoms with Gasteiger partial charge in [-0.05, 0) is 12.1 Å². The molecule has 0 radical (unpaired) electrons. The average Bonchev–Trinajstić information content (AvgIpc) is 2.94. The number of aromatic nitrogens is 2. The summed E-state index contributed by atoms with van der Waals surface area (Å²) in [6.07, 6.45) is 0.558. The van der Waals surface area contributed by atoms with Gasteiger partial charge in [0.2, 0.25) is 3.79 Å². The average molecular weight is 327 g/mol. The lowest BCUT2D eigenvalue weighted by molar-refractivity contribution is 0.163. The molecule has 0 atom stereocenters. The summed E-state index contributed by atoms with van der Waals surface area (Å²) in [5, 5.41) is 9.41. The number of alkyl halides is 3. The van der Waals surface area contributed by atoms with Crippen LogP contribution in [0, 0.1) is 0 Å². The fraction of sp³-hybridized carbons (Fsp3) is 0.222. The van der Waals surface area contributed by atoms with Crippen LogP contribution in [0.4, 0.5) is 10.8 Å². The quantitative estimate of drug-likeness (QED) is 0.871. The molecule has 7 nitrogen and oxygen atoms in total. The lowest BCUT2D eigenvalue weighted by Gasteiger charge is -2.10. The number of rotatable bonds is 3.